The minimum Gasteiger partial charge on any atom is -0.391 e. The Labute approximate surface area is 158 Å². The van der Waals surface area contributed by atoms with Gasteiger partial charge in [-0.25, -0.2) is 0 Å². The number of hydrogen-bond acceptors (Lipinski definition) is 2. The van der Waals surface area contributed by atoms with Crippen LogP contribution in [0.1, 0.15) is 136 Å². The van der Waals surface area contributed by atoms with E-state index in [0.29, 0.717) is 0 Å². The molecule has 0 saturated heterocycles. The molecule has 2 N–H and O–H groups in total. The fourth-order valence-electron chi connectivity index (χ4n) is 3.50. The average Bonchev–Trinajstić information content (AvgIpc) is 2.60. The van der Waals surface area contributed by atoms with E-state index in [0.717, 1.165) is 12.8 Å². The summed E-state index contributed by atoms with van der Waals surface area (Å²) < 4.78 is 0. The van der Waals surface area contributed by atoms with Crippen LogP contribution in [0.2, 0.25) is 0 Å². The SMILES string of the molecule is CCCCCCCCCCCCCCCCCCCCC(O)C(C)O. The molecule has 0 aliphatic heterocycles. The van der Waals surface area contributed by atoms with E-state index in [2.05, 4.69) is 6.92 Å². The number of hydrogen-bond donors (Lipinski definition) is 2. The smallest absolute Gasteiger partial charge is 0.0796 e. The van der Waals surface area contributed by atoms with Crippen molar-refractivity contribution >= 4 is 0 Å². The maximum Gasteiger partial charge on any atom is 0.0796 e. The third-order valence-electron chi connectivity index (χ3n) is 5.41. The molecule has 0 heterocycles. The molecular weight excluding hydrogens is 308 g/mol. The van der Waals surface area contributed by atoms with E-state index >= 15 is 0 Å². The molecule has 0 aromatic heterocycles. The summed E-state index contributed by atoms with van der Waals surface area (Å²) >= 11 is 0. The Hall–Kier alpha value is -0.0800. The molecule has 0 aliphatic carbocycles. The van der Waals surface area contributed by atoms with Gasteiger partial charge in [0.25, 0.3) is 0 Å². The number of rotatable bonds is 20. The van der Waals surface area contributed by atoms with Gasteiger partial charge in [0.05, 0.1) is 12.2 Å². The first-order valence-electron chi connectivity index (χ1n) is 11.5. The van der Waals surface area contributed by atoms with Gasteiger partial charge in [0, 0.05) is 0 Å². The third kappa shape index (κ3) is 20.1. The van der Waals surface area contributed by atoms with Crippen molar-refractivity contribution in [2.45, 2.75) is 148 Å². The molecule has 0 fully saturated rings. The molecule has 152 valence electrons. The minimum atomic E-state index is -0.578. The summed E-state index contributed by atoms with van der Waals surface area (Å²) in [5, 5.41) is 18.7. The van der Waals surface area contributed by atoms with Gasteiger partial charge in [-0.05, 0) is 13.3 Å². The van der Waals surface area contributed by atoms with Crippen molar-refractivity contribution in [2.75, 3.05) is 0 Å². The second-order valence-corrected chi connectivity index (χ2v) is 8.11. The molecule has 0 bridgehead atoms. The van der Waals surface area contributed by atoms with Crippen molar-refractivity contribution in [3.63, 3.8) is 0 Å². The van der Waals surface area contributed by atoms with E-state index in [-0.39, 0.29) is 0 Å². The first kappa shape index (κ1) is 24.9. The van der Waals surface area contributed by atoms with Gasteiger partial charge >= 0.3 is 0 Å². The second kappa shape index (κ2) is 20.2. The van der Waals surface area contributed by atoms with Gasteiger partial charge in [0.1, 0.15) is 0 Å². The van der Waals surface area contributed by atoms with Crippen LogP contribution in [0, 0.1) is 0 Å². The highest BCUT2D eigenvalue weighted by molar-refractivity contribution is 4.61. The maximum absolute atomic E-state index is 9.51. The van der Waals surface area contributed by atoms with Crippen LogP contribution in [0.25, 0.3) is 0 Å². The lowest BCUT2D eigenvalue weighted by Gasteiger charge is -2.12. The van der Waals surface area contributed by atoms with Crippen LogP contribution < -0.4 is 0 Å². The highest BCUT2D eigenvalue weighted by Crippen LogP contribution is 2.15. The Kier molecular flexibility index (Phi) is 20.2. The van der Waals surface area contributed by atoms with Gasteiger partial charge in [0.2, 0.25) is 0 Å². The summed E-state index contributed by atoms with van der Waals surface area (Å²) in [5.41, 5.74) is 0. The van der Waals surface area contributed by atoms with Crippen LogP contribution in [-0.4, -0.2) is 22.4 Å². The summed E-state index contributed by atoms with van der Waals surface area (Å²) in [7, 11) is 0. The van der Waals surface area contributed by atoms with E-state index < -0.39 is 12.2 Å². The normalized spacial score (nSPS) is 13.9. The lowest BCUT2D eigenvalue weighted by Crippen LogP contribution is -2.21. The van der Waals surface area contributed by atoms with Crippen molar-refractivity contribution in [1.29, 1.82) is 0 Å². The zero-order valence-corrected chi connectivity index (χ0v) is 17.5. The second-order valence-electron chi connectivity index (χ2n) is 8.11. The Balaban J connectivity index is 3.03. The highest BCUT2D eigenvalue weighted by Gasteiger charge is 2.09. The molecule has 0 spiro atoms. The summed E-state index contributed by atoms with van der Waals surface area (Å²) in [6.45, 7) is 3.95. The fourth-order valence-corrected chi connectivity index (χ4v) is 3.50. The van der Waals surface area contributed by atoms with Gasteiger partial charge < -0.3 is 10.2 Å². The lowest BCUT2D eigenvalue weighted by molar-refractivity contribution is 0.0247. The highest BCUT2D eigenvalue weighted by atomic mass is 16.3. The summed E-state index contributed by atoms with van der Waals surface area (Å²) in [6.07, 6.45) is 24.5. The molecule has 2 unspecified atom stereocenters. The molecule has 2 heteroatoms. The van der Waals surface area contributed by atoms with Crippen molar-refractivity contribution < 1.29 is 10.2 Å². The summed E-state index contributed by atoms with van der Waals surface area (Å²) in [5.74, 6) is 0. The van der Waals surface area contributed by atoms with E-state index in [9.17, 15) is 10.2 Å². The predicted octanol–water partition coefficient (Wildman–Crippen LogP) is 7.16. The Morgan fingerprint density at radius 2 is 0.760 bits per heavy atom. The molecule has 0 aliphatic rings. The first-order chi connectivity index (χ1) is 12.2. The molecule has 2 nitrogen and oxygen atoms in total. The Morgan fingerprint density at radius 3 is 1.04 bits per heavy atom. The van der Waals surface area contributed by atoms with Crippen molar-refractivity contribution in [1.82, 2.24) is 0 Å². The number of unbranched alkanes of at least 4 members (excludes halogenated alkanes) is 17. The van der Waals surface area contributed by atoms with Gasteiger partial charge in [-0.1, -0.05) is 122 Å². The molecule has 2 atom stereocenters. The topological polar surface area (TPSA) is 40.5 Å². The van der Waals surface area contributed by atoms with Crippen LogP contribution in [-0.2, 0) is 0 Å². The Bertz CT molecular complexity index is 240. The van der Waals surface area contributed by atoms with Gasteiger partial charge in [0.15, 0.2) is 0 Å². The maximum atomic E-state index is 9.51. The summed E-state index contributed by atoms with van der Waals surface area (Å²) in [6, 6.07) is 0. The van der Waals surface area contributed by atoms with Gasteiger partial charge in [-0.3, -0.25) is 0 Å². The van der Waals surface area contributed by atoms with Crippen LogP contribution in [0.4, 0.5) is 0 Å². The fraction of sp³-hybridized carbons (Fsp3) is 1.00. The standard InChI is InChI=1S/C23H48O2/c1-3-4-5-6-7-8-9-10-11-12-13-14-15-16-17-18-19-20-21-23(25)22(2)24/h22-25H,3-21H2,1-2H3. The molecule has 0 radical (unpaired) electrons. The largest absolute Gasteiger partial charge is 0.391 e. The monoisotopic (exact) mass is 356 g/mol. The van der Waals surface area contributed by atoms with Crippen molar-refractivity contribution in [2.24, 2.45) is 0 Å². The molecular formula is C23H48O2. The zero-order valence-electron chi connectivity index (χ0n) is 17.5. The molecule has 0 aromatic rings. The number of aliphatic hydroxyl groups excluding tert-OH is 2. The molecule has 0 rings (SSSR count). The van der Waals surface area contributed by atoms with E-state index in [1.807, 2.05) is 0 Å². The van der Waals surface area contributed by atoms with Crippen LogP contribution >= 0.6 is 0 Å². The van der Waals surface area contributed by atoms with Crippen LogP contribution in [0.3, 0.4) is 0 Å². The number of aliphatic hydroxyl groups is 2. The van der Waals surface area contributed by atoms with Crippen LogP contribution in [0.5, 0.6) is 0 Å². The molecule has 0 amide bonds. The minimum absolute atomic E-state index is 0.527. The van der Waals surface area contributed by atoms with Crippen LogP contribution in [0.15, 0.2) is 0 Å². The molecule has 0 aromatic carbocycles. The van der Waals surface area contributed by atoms with E-state index in [1.165, 1.54) is 109 Å². The lowest BCUT2D eigenvalue weighted by atomic mass is 10.0. The van der Waals surface area contributed by atoms with E-state index in [1.54, 1.807) is 6.92 Å². The Morgan fingerprint density at radius 1 is 0.480 bits per heavy atom. The summed E-state index contributed by atoms with van der Waals surface area (Å²) in [4.78, 5) is 0. The predicted molar refractivity (Wildman–Crippen MR) is 111 cm³/mol. The van der Waals surface area contributed by atoms with Gasteiger partial charge in [-0.2, -0.15) is 0 Å². The average molecular weight is 357 g/mol. The quantitative estimate of drug-likeness (QED) is 0.227. The molecule has 25 heavy (non-hydrogen) atoms. The zero-order chi connectivity index (χ0) is 18.6. The van der Waals surface area contributed by atoms with Gasteiger partial charge in [-0.15, -0.1) is 0 Å². The molecule has 0 saturated carbocycles. The van der Waals surface area contributed by atoms with E-state index in [4.69, 9.17) is 0 Å². The third-order valence-corrected chi connectivity index (χ3v) is 5.41. The van der Waals surface area contributed by atoms with Crippen molar-refractivity contribution in [3.05, 3.63) is 0 Å². The first-order valence-corrected chi connectivity index (χ1v) is 11.5. The van der Waals surface area contributed by atoms with Crippen molar-refractivity contribution in [3.8, 4) is 0 Å².